The van der Waals surface area contributed by atoms with E-state index in [2.05, 4.69) is 18.9 Å². The maximum Gasteiger partial charge on any atom is 0.352 e. The number of aromatic nitrogens is 3. The number of hydrogen-bond donors (Lipinski definition) is 0. The molecular formula is C29H34N4O5. The van der Waals surface area contributed by atoms with Crippen molar-refractivity contribution in [3.05, 3.63) is 91.8 Å². The van der Waals surface area contributed by atoms with Crippen molar-refractivity contribution in [3.8, 4) is 5.69 Å². The van der Waals surface area contributed by atoms with E-state index < -0.39 is 17.2 Å². The molecule has 2 heterocycles. The number of carbonyl (C=O) groups excluding carboxylic acids is 2. The lowest BCUT2D eigenvalue weighted by Gasteiger charge is -2.30. The Hall–Kier alpha value is -4.01. The maximum atomic E-state index is 13.5. The standard InChI is InChI=1S/C29H34N4O5/c1-5-38-28(36)23-14-16-31(17-15-23)26(34)25-27(35)32(18-21-8-6-20(4)7-9-21)29(37)33(30-25)24-12-10-22(11-13-24)19(2)3/h6-13,19,23H,5,14-18H2,1-4H3. The number of ether oxygens (including phenoxy) is 1. The van der Waals surface area contributed by atoms with Gasteiger partial charge in [0.25, 0.3) is 11.5 Å². The Labute approximate surface area is 221 Å². The van der Waals surface area contributed by atoms with E-state index in [0.717, 1.165) is 25.9 Å². The molecule has 9 heteroatoms. The minimum absolute atomic E-state index is 0.00968. The lowest BCUT2D eigenvalue weighted by molar-refractivity contribution is -0.149. The van der Waals surface area contributed by atoms with Crippen LogP contribution in [0.3, 0.4) is 0 Å². The average Bonchev–Trinajstić information content (AvgIpc) is 2.92. The van der Waals surface area contributed by atoms with Crippen LogP contribution >= 0.6 is 0 Å². The first-order valence-electron chi connectivity index (χ1n) is 13.1. The van der Waals surface area contributed by atoms with Gasteiger partial charge in [0.15, 0.2) is 0 Å². The highest BCUT2D eigenvalue weighted by Crippen LogP contribution is 2.20. The Morgan fingerprint density at radius 2 is 1.63 bits per heavy atom. The first kappa shape index (κ1) is 27.0. The van der Waals surface area contributed by atoms with Gasteiger partial charge in [0.1, 0.15) is 0 Å². The van der Waals surface area contributed by atoms with E-state index in [1.165, 1.54) is 4.90 Å². The summed E-state index contributed by atoms with van der Waals surface area (Å²) in [6.45, 7) is 8.77. The molecule has 1 fully saturated rings. The molecule has 1 aliphatic heterocycles. The summed E-state index contributed by atoms with van der Waals surface area (Å²) >= 11 is 0. The lowest BCUT2D eigenvalue weighted by atomic mass is 9.97. The number of rotatable bonds is 7. The molecule has 0 saturated carbocycles. The third-order valence-electron chi connectivity index (χ3n) is 6.93. The molecule has 38 heavy (non-hydrogen) atoms. The molecule has 200 valence electrons. The third-order valence-corrected chi connectivity index (χ3v) is 6.93. The summed E-state index contributed by atoms with van der Waals surface area (Å²) < 4.78 is 7.30. The van der Waals surface area contributed by atoms with Crippen LogP contribution in [-0.2, 0) is 16.1 Å². The minimum atomic E-state index is -0.733. The number of likely N-dealkylation sites (tertiary alicyclic amines) is 1. The molecule has 0 aliphatic carbocycles. The summed E-state index contributed by atoms with van der Waals surface area (Å²) in [7, 11) is 0. The predicted octanol–water partition coefficient (Wildman–Crippen LogP) is 3.29. The number of carbonyl (C=O) groups is 2. The normalized spacial score (nSPS) is 14.1. The van der Waals surface area contributed by atoms with Gasteiger partial charge < -0.3 is 9.64 Å². The maximum absolute atomic E-state index is 13.5. The molecule has 3 aromatic rings. The molecule has 2 aromatic carbocycles. The van der Waals surface area contributed by atoms with Crippen LogP contribution in [-0.4, -0.2) is 50.8 Å². The molecule has 0 radical (unpaired) electrons. The number of benzene rings is 2. The second kappa shape index (κ2) is 11.6. The lowest BCUT2D eigenvalue weighted by Crippen LogP contribution is -2.48. The predicted molar refractivity (Wildman–Crippen MR) is 144 cm³/mol. The Balaban J connectivity index is 1.73. The van der Waals surface area contributed by atoms with Crippen molar-refractivity contribution < 1.29 is 14.3 Å². The van der Waals surface area contributed by atoms with E-state index in [1.807, 2.05) is 43.3 Å². The van der Waals surface area contributed by atoms with Crippen LogP contribution in [0, 0.1) is 12.8 Å². The van der Waals surface area contributed by atoms with Gasteiger partial charge in [0.05, 0.1) is 24.8 Å². The summed E-state index contributed by atoms with van der Waals surface area (Å²) in [5, 5.41) is 4.28. The van der Waals surface area contributed by atoms with Crippen molar-refractivity contribution in [3.63, 3.8) is 0 Å². The van der Waals surface area contributed by atoms with E-state index in [9.17, 15) is 19.2 Å². The van der Waals surface area contributed by atoms with Gasteiger partial charge in [-0.25, -0.2) is 4.79 Å². The van der Waals surface area contributed by atoms with Gasteiger partial charge >= 0.3 is 11.7 Å². The smallest absolute Gasteiger partial charge is 0.352 e. The number of aryl methyl sites for hydroxylation is 1. The van der Waals surface area contributed by atoms with Gasteiger partial charge in [-0.1, -0.05) is 55.8 Å². The van der Waals surface area contributed by atoms with Crippen LogP contribution in [0.25, 0.3) is 5.69 Å². The SMILES string of the molecule is CCOC(=O)C1CCN(C(=O)c2nn(-c3ccc(C(C)C)cc3)c(=O)n(Cc3ccc(C)cc3)c2=O)CC1. The second-order valence-corrected chi connectivity index (χ2v) is 9.98. The van der Waals surface area contributed by atoms with E-state index in [1.54, 1.807) is 19.1 Å². The number of nitrogens with zero attached hydrogens (tertiary/aromatic N) is 4. The van der Waals surface area contributed by atoms with Crippen molar-refractivity contribution in [2.45, 2.75) is 53.0 Å². The van der Waals surface area contributed by atoms with Crippen molar-refractivity contribution >= 4 is 11.9 Å². The van der Waals surface area contributed by atoms with Gasteiger partial charge in [0, 0.05) is 13.1 Å². The van der Waals surface area contributed by atoms with Gasteiger partial charge in [0.2, 0.25) is 5.69 Å². The monoisotopic (exact) mass is 518 g/mol. The number of esters is 1. The first-order valence-corrected chi connectivity index (χ1v) is 13.1. The van der Waals surface area contributed by atoms with E-state index in [4.69, 9.17) is 4.74 Å². The summed E-state index contributed by atoms with van der Waals surface area (Å²) in [5.41, 5.74) is 1.70. The fourth-order valence-corrected chi connectivity index (χ4v) is 4.56. The molecule has 9 nitrogen and oxygen atoms in total. The van der Waals surface area contributed by atoms with Crippen LogP contribution < -0.4 is 11.2 Å². The van der Waals surface area contributed by atoms with E-state index in [-0.39, 0.29) is 24.1 Å². The van der Waals surface area contributed by atoms with Gasteiger partial charge in [-0.05, 0) is 55.9 Å². The average molecular weight is 519 g/mol. The van der Waals surface area contributed by atoms with Crippen LogP contribution in [0.4, 0.5) is 0 Å². The van der Waals surface area contributed by atoms with E-state index >= 15 is 0 Å². The highest BCUT2D eigenvalue weighted by molar-refractivity contribution is 5.92. The van der Waals surface area contributed by atoms with Gasteiger partial charge in [-0.3, -0.25) is 19.0 Å². The molecule has 0 N–H and O–H groups in total. The fourth-order valence-electron chi connectivity index (χ4n) is 4.56. The quantitative estimate of drug-likeness (QED) is 0.445. The summed E-state index contributed by atoms with van der Waals surface area (Å²) in [5.74, 6) is -0.795. The molecule has 1 aromatic heterocycles. The third kappa shape index (κ3) is 5.77. The number of amides is 1. The minimum Gasteiger partial charge on any atom is -0.466 e. The Morgan fingerprint density at radius 1 is 1.00 bits per heavy atom. The molecule has 1 aliphatic rings. The van der Waals surface area contributed by atoms with Crippen molar-refractivity contribution in [1.29, 1.82) is 0 Å². The van der Waals surface area contributed by atoms with Gasteiger partial charge in [-0.15, -0.1) is 0 Å². The van der Waals surface area contributed by atoms with Crippen LogP contribution in [0.1, 0.15) is 66.7 Å². The summed E-state index contributed by atoms with van der Waals surface area (Å²) in [6, 6.07) is 14.9. The Bertz CT molecular complexity index is 1410. The summed E-state index contributed by atoms with van der Waals surface area (Å²) in [6.07, 6.45) is 0.886. The summed E-state index contributed by atoms with van der Waals surface area (Å²) in [4.78, 5) is 54.2. The van der Waals surface area contributed by atoms with Crippen molar-refractivity contribution in [2.75, 3.05) is 19.7 Å². The van der Waals surface area contributed by atoms with Crippen molar-refractivity contribution in [2.24, 2.45) is 5.92 Å². The van der Waals surface area contributed by atoms with Crippen LogP contribution in [0.5, 0.6) is 0 Å². The zero-order valence-corrected chi connectivity index (χ0v) is 22.3. The largest absolute Gasteiger partial charge is 0.466 e. The molecular weight excluding hydrogens is 484 g/mol. The van der Waals surface area contributed by atoms with Crippen molar-refractivity contribution in [1.82, 2.24) is 19.2 Å². The number of hydrogen-bond acceptors (Lipinski definition) is 6. The van der Waals surface area contributed by atoms with Gasteiger partial charge in [-0.2, -0.15) is 9.78 Å². The first-order chi connectivity index (χ1) is 18.2. The fraction of sp³-hybridized carbons (Fsp3) is 0.414. The second-order valence-electron chi connectivity index (χ2n) is 9.98. The molecule has 0 unspecified atom stereocenters. The molecule has 0 spiro atoms. The zero-order valence-electron chi connectivity index (χ0n) is 22.3. The number of piperidine rings is 1. The van der Waals surface area contributed by atoms with E-state index in [0.29, 0.717) is 44.1 Å². The molecule has 1 amide bonds. The Kier molecular flexibility index (Phi) is 8.24. The van der Waals surface area contributed by atoms with Crippen LogP contribution in [0.15, 0.2) is 58.1 Å². The molecule has 0 atom stereocenters. The zero-order chi connectivity index (χ0) is 27.4. The highest BCUT2D eigenvalue weighted by atomic mass is 16.5. The topological polar surface area (TPSA) is 104 Å². The molecule has 0 bridgehead atoms. The molecule has 4 rings (SSSR count). The highest BCUT2D eigenvalue weighted by Gasteiger charge is 2.31. The molecule has 1 saturated heterocycles. The Morgan fingerprint density at radius 3 is 2.21 bits per heavy atom. The van der Waals surface area contributed by atoms with Crippen LogP contribution in [0.2, 0.25) is 0 Å².